The minimum absolute atomic E-state index is 0.790. The number of hydrogen-bond donors (Lipinski definition) is 0. The summed E-state index contributed by atoms with van der Waals surface area (Å²) in [6.07, 6.45) is 0. The molecule has 3 rings (SSSR count). The van der Waals surface area contributed by atoms with E-state index in [4.69, 9.17) is 0 Å². The van der Waals surface area contributed by atoms with Gasteiger partial charge < -0.3 is 0 Å². The summed E-state index contributed by atoms with van der Waals surface area (Å²) in [5, 5.41) is 2.76. The summed E-state index contributed by atoms with van der Waals surface area (Å²) >= 11 is 0. The predicted molar refractivity (Wildman–Crippen MR) is 110 cm³/mol. The molecule has 0 saturated carbocycles. The van der Waals surface area contributed by atoms with Gasteiger partial charge in [0.05, 0.1) is 6.54 Å². The van der Waals surface area contributed by atoms with Crippen molar-refractivity contribution in [1.29, 1.82) is 0 Å². The Morgan fingerprint density at radius 2 is 1.20 bits per heavy atom. The van der Waals surface area contributed by atoms with Gasteiger partial charge in [-0.25, -0.2) is 0 Å². The van der Waals surface area contributed by atoms with Crippen LogP contribution in [-0.2, 0) is 6.54 Å². The summed E-state index contributed by atoms with van der Waals surface area (Å²) in [4.78, 5) is 2.27. The van der Waals surface area contributed by atoms with Crippen LogP contribution in [0.3, 0.4) is 0 Å². The summed E-state index contributed by atoms with van der Waals surface area (Å²) in [5.74, 6) is 3.44. The van der Waals surface area contributed by atoms with Gasteiger partial charge in [-0.05, 0) is 23.0 Å². The van der Waals surface area contributed by atoms with E-state index in [0.29, 0.717) is 0 Å². The van der Waals surface area contributed by atoms with Crippen LogP contribution in [-0.4, -0.2) is 27.3 Å². The summed E-state index contributed by atoms with van der Waals surface area (Å²) < 4.78 is 0. The van der Waals surface area contributed by atoms with Crippen molar-refractivity contribution in [3.63, 3.8) is 0 Å². The van der Waals surface area contributed by atoms with Crippen LogP contribution in [0, 0.1) is 11.5 Å². The monoisotopic (exact) mass is 341 g/mol. The van der Waals surface area contributed by atoms with Crippen LogP contribution < -0.4 is 10.4 Å². The van der Waals surface area contributed by atoms with Crippen molar-refractivity contribution in [3.8, 4) is 11.5 Å². The van der Waals surface area contributed by atoms with Crippen molar-refractivity contribution >= 4 is 19.2 Å². The van der Waals surface area contributed by atoms with Crippen LogP contribution >= 0.6 is 0 Å². The van der Waals surface area contributed by atoms with E-state index in [2.05, 4.69) is 114 Å². The third kappa shape index (κ3) is 5.19. The van der Waals surface area contributed by atoms with Crippen molar-refractivity contribution in [2.75, 3.05) is 13.6 Å². The van der Waals surface area contributed by atoms with Gasteiger partial charge in [-0.1, -0.05) is 96.9 Å². The van der Waals surface area contributed by atoms with Gasteiger partial charge in [0.15, 0.2) is 8.80 Å². The normalized spacial score (nSPS) is 10.5. The molecule has 0 saturated heterocycles. The first-order chi connectivity index (χ1) is 12.3. The van der Waals surface area contributed by atoms with Crippen molar-refractivity contribution in [3.05, 3.63) is 96.6 Å². The van der Waals surface area contributed by atoms with Crippen LogP contribution in [0.1, 0.15) is 5.56 Å². The molecule has 0 aliphatic heterocycles. The van der Waals surface area contributed by atoms with Gasteiger partial charge in [-0.15, -0.1) is 5.54 Å². The van der Waals surface area contributed by atoms with Gasteiger partial charge in [0, 0.05) is 6.54 Å². The van der Waals surface area contributed by atoms with Crippen LogP contribution in [0.5, 0.6) is 0 Å². The first kappa shape index (κ1) is 17.2. The Bertz CT molecular complexity index is 780. The Morgan fingerprint density at radius 1 is 0.720 bits per heavy atom. The standard InChI is InChI=1S/C23H23NSi/c1-24(20-21-12-5-2-6-13-21)18-11-19-25(22-14-7-3-8-15-22)23-16-9-4-10-17-23/h2-10,12-17,25H,18,20H2,1H3. The molecule has 3 aromatic carbocycles. The third-order valence-corrected chi connectivity index (χ3v) is 6.75. The largest absolute Gasteiger partial charge is 0.291 e. The molecule has 1 nitrogen and oxygen atoms in total. The second kappa shape index (κ2) is 9.03. The second-order valence-corrected chi connectivity index (χ2v) is 8.72. The van der Waals surface area contributed by atoms with Gasteiger partial charge in [0.25, 0.3) is 0 Å². The zero-order valence-electron chi connectivity index (χ0n) is 14.6. The van der Waals surface area contributed by atoms with E-state index in [1.54, 1.807) is 0 Å². The molecule has 0 spiro atoms. The minimum Gasteiger partial charge on any atom is -0.291 e. The van der Waals surface area contributed by atoms with Crippen molar-refractivity contribution in [1.82, 2.24) is 4.90 Å². The third-order valence-electron chi connectivity index (χ3n) is 4.16. The maximum absolute atomic E-state index is 3.62. The highest BCUT2D eigenvalue weighted by molar-refractivity contribution is 6.91. The highest BCUT2D eigenvalue weighted by atomic mass is 28.3. The molecule has 0 aliphatic rings. The molecule has 0 radical (unpaired) electrons. The quantitative estimate of drug-likeness (QED) is 0.509. The molecule has 0 aliphatic carbocycles. The molecule has 0 N–H and O–H groups in total. The van der Waals surface area contributed by atoms with Gasteiger partial charge in [0.1, 0.15) is 0 Å². The molecule has 124 valence electrons. The molecule has 0 unspecified atom stereocenters. The fourth-order valence-corrected chi connectivity index (χ4v) is 5.11. The zero-order chi connectivity index (χ0) is 17.3. The van der Waals surface area contributed by atoms with Crippen molar-refractivity contribution in [2.45, 2.75) is 6.54 Å². The fourth-order valence-electron chi connectivity index (χ4n) is 2.88. The van der Waals surface area contributed by atoms with Gasteiger partial charge in [-0.3, -0.25) is 4.90 Å². The summed E-state index contributed by atoms with van der Waals surface area (Å²) in [5.41, 5.74) is 4.94. The molecular weight excluding hydrogens is 318 g/mol. The fraction of sp³-hybridized carbons (Fsp3) is 0.130. The summed E-state index contributed by atoms with van der Waals surface area (Å²) in [6, 6.07) is 32.0. The van der Waals surface area contributed by atoms with E-state index in [0.717, 1.165) is 13.1 Å². The van der Waals surface area contributed by atoms with E-state index >= 15 is 0 Å². The van der Waals surface area contributed by atoms with Crippen LogP contribution in [0.2, 0.25) is 0 Å². The maximum atomic E-state index is 3.62. The Hall–Kier alpha value is -2.60. The van der Waals surface area contributed by atoms with E-state index in [1.165, 1.54) is 15.9 Å². The predicted octanol–water partition coefficient (Wildman–Crippen LogP) is 2.70. The average molecular weight is 342 g/mol. The van der Waals surface area contributed by atoms with Crippen LogP contribution in [0.4, 0.5) is 0 Å². The number of benzene rings is 3. The Kier molecular flexibility index (Phi) is 6.22. The molecule has 0 amide bonds. The van der Waals surface area contributed by atoms with Crippen LogP contribution in [0.25, 0.3) is 0 Å². The highest BCUT2D eigenvalue weighted by Gasteiger charge is 2.12. The number of hydrogen-bond acceptors (Lipinski definition) is 1. The first-order valence-electron chi connectivity index (χ1n) is 8.63. The van der Waals surface area contributed by atoms with E-state index < -0.39 is 8.80 Å². The first-order valence-corrected chi connectivity index (χ1v) is 10.4. The SMILES string of the molecule is CN(CC#C[SiH](c1ccccc1)c1ccccc1)Cc1ccccc1. The lowest BCUT2D eigenvalue weighted by atomic mass is 10.2. The average Bonchev–Trinajstić information content (AvgIpc) is 2.67. The maximum Gasteiger partial charge on any atom is 0.183 e. The lowest BCUT2D eigenvalue weighted by Crippen LogP contribution is -2.41. The molecule has 0 atom stereocenters. The summed E-state index contributed by atoms with van der Waals surface area (Å²) in [7, 11) is 0.646. The molecule has 3 aromatic rings. The Labute approximate surface area is 152 Å². The van der Waals surface area contributed by atoms with Gasteiger partial charge in [-0.2, -0.15) is 0 Å². The molecule has 0 fully saturated rings. The number of rotatable bonds is 5. The van der Waals surface area contributed by atoms with Crippen LogP contribution in [0.15, 0.2) is 91.0 Å². The molecule has 25 heavy (non-hydrogen) atoms. The minimum atomic E-state index is -1.48. The summed E-state index contributed by atoms with van der Waals surface area (Å²) in [6.45, 7) is 1.72. The Morgan fingerprint density at radius 3 is 1.72 bits per heavy atom. The number of nitrogens with zero attached hydrogens (tertiary/aromatic N) is 1. The second-order valence-electron chi connectivity index (χ2n) is 6.23. The Balaban J connectivity index is 1.72. The van der Waals surface area contributed by atoms with Gasteiger partial charge >= 0.3 is 0 Å². The van der Waals surface area contributed by atoms with Crippen molar-refractivity contribution < 1.29 is 0 Å². The van der Waals surface area contributed by atoms with E-state index in [-0.39, 0.29) is 0 Å². The molecular formula is C23H23NSi. The molecule has 2 heteroatoms. The molecule has 0 aromatic heterocycles. The van der Waals surface area contributed by atoms with E-state index in [9.17, 15) is 0 Å². The lowest BCUT2D eigenvalue weighted by Gasteiger charge is -2.14. The zero-order valence-corrected chi connectivity index (χ0v) is 15.8. The van der Waals surface area contributed by atoms with Gasteiger partial charge in [0.2, 0.25) is 0 Å². The highest BCUT2D eigenvalue weighted by Crippen LogP contribution is 2.01. The lowest BCUT2D eigenvalue weighted by molar-refractivity contribution is 0.369. The van der Waals surface area contributed by atoms with E-state index in [1.807, 2.05) is 0 Å². The molecule has 0 bridgehead atoms. The van der Waals surface area contributed by atoms with Crippen molar-refractivity contribution in [2.24, 2.45) is 0 Å². The smallest absolute Gasteiger partial charge is 0.183 e. The topological polar surface area (TPSA) is 3.24 Å². The molecule has 0 heterocycles.